The summed E-state index contributed by atoms with van der Waals surface area (Å²) in [7, 11) is 0. The number of nitrogens with zero attached hydrogens (tertiary/aromatic N) is 4. The Balaban J connectivity index is 1.39. The standard InChI is InChI=1S/C17H23FN4O/c1-11(2)21-8-14-5-13(21)9-22(14)15-6-20(7-15)17-16(18)4-3-12(10-23)19-17/h3-4,10-11,13-15H,5-9H2,1-2H3. The molecule has 4 rings (SSSR count). The number of halogens is 1. The maximum atomic E-state index is 13.9. The molecule has 3 fully saturated rings. The van der Waals surface area contributed by atoms with Crippen molar-refractivity contribution >= 4 is 12.1 Å². The van der Waals surface area contributed by atoms with Crippen LogP contribution in [0.15, 0.2) is 12.1 Å². The molecule has 3 saturated heterocycles. The number of aldehydes is 1. The van der Waals surface area contributed by atoms with Gasteiger partial charge in [0, 0.05) is 50.3 Å². The van der Waals surface area contributed by atoms with Gasteiger partial charge in [0.25, 0.3) is 0 Å². The molecule has 0 saturated carbocycles. The highest BCUT2D eigenvalue weighted by Gasteiger charge is 2.48. The third-order valence-electron chi connectivity index (χ3n) is 5.59. The van der Waals surface area contributed by atoms with Gasteiger partial charge in [0.15, 0.2) is 17.9 Å². The van der Waals surface area contributed by atoms with E-state index in [0.29, 0.717) is 36.3 Å². The molecule has 2 atom stereocenters. The van der Waals surface area contributed by atoms with Crippen molar-refractivity contribution in [2.45, 2.75) is 44.4 Å². The fourth-order valence-electron chi connectivity index (χ4n) is 4.38. The van der Waals surface area contributed by atoms with Crippen LogP contribution >= 0.6 is 0 Å². The minimum Gasteiger partial charge on any atom is -0.351 e. The number of likely N-dealkylation sites (tertiary alicyclic amines) is 2. The number of piperazine rings is 1. The molecule has 3 aliphatic rings. The van der Waals surface area contributed by atoms with Gasteiger partial charge in [0.05, 0.1) is 0 Å². The zero-order chi connectivity index (χ0) is 16.1. The van der Waals surface area contributed by atoms with Crippen LogP contribution in [0, 0.1) is 5.82 Å². The normalized spacial score (nSPS) is 28.6. The third kappa shape index (κ3) is 2.44. The molecule has 23 heavy (non-hydrogen) atoms. The number of carbonyl (C=O) groups excluding carboxylic acids is 1. The third-order valence-corrected chi connectivity index (χ3v) is 5.59. The minimum absolute atomic E-state index is 0.289. The van der Waals surface area contributed by atoms with E-state index in [1.54, 1.807) is 0 Å². The summed E-state index contributed by atoms with van der Waals surface area (Å²) in [6, 6.07) is 5.19. The highest BCUT2D eigenvalue weighted by atomic mass is 19.1. The zero-order valence-electron chi connectivity index (χ0n) is 13.7. The number of anilines is 1. The van der Waals surface area contributed by atoms with Crippen LogP contribution in [-0.2, 0) is 0 Å². The van der Waals surface area contributed by atoms with E-state index in [0.717, 1.165) is 26.2 Å². The highest BCUT2D eigenvalue weighted by Crippen LogP contribution is 2.36. The smallest absolute Gasteiger partial charge is 0.168 e. The number of fused-ring (bicyclic) bond motifs is 2. The molecular formula is C17H23FN4O. The topological polar surface area (TPSA) is 39.7 Å². The number of carbonyl (C=O) groups is 1. The number of hydrogen-bond acceptors (Lipinski definition) is 5. The van der Waals surface area contributed by atoms with Crippen molar-refractivity contribution in [2.75, 3.05) is 31.1 Å². The highest BCUT2D eigenvalue weighted by molar-refractivity contribution is 5.72. The fourth-order valence-corrected chi connectivity index (χ4v) is 4.38. The first kappa shape index (κ1) is 15.0. The Morgan fingerprint density at radius 3 is 2.57 bits per heavy atom. The summed E-state index contributed by atoms with van der Waals surface area (Å²) in [5.41, 5.74) is 0.289. The van der Waals surface area contributed by atoms with Gasteiger partial charge in [-0.3, -0.25) is 14.6 Å². The first-order chi connectivity index (χ1) is 11.1. The van der Waals surface area contributed by atoms with Crippen molar-refractivity contribution in [1.29, 1.82) is 0 Å². The lowest BCUT2D eigenvalue weighted by molar-refractivity contribution is 0.0638. The predicted molar refractivity (Wildman–Crippen MR) is 86.3 cm³/mol. The molecule has 6 heteroatoms. The second-order valence-corrected chi connectivity index (χ2v) is 7.25. The Morgan fingerprint density at radius 2 is 1.96 bits per heavy atom. The van der Waals surface area contributed by atoms with Crippen LogP contribution in [0.1, 0.15) is 30.8 Å². The summed E-state index contributed by atoms with van der Waals surface area (Å²) in [4.78, 5) is 22.1. The largest absolute Gasteiger partial charge is 0.351 e. The van der Waals surface area contributed by atoms with Crippen LogP contribution in [0.25, 0.3) is 0 Å². The molecule has 0 amide bonds. The number of hydrogen-bond donors (Lipinski definition) is 0. The van der Waals surface area contributed by atoms with Crippen LogP contribution in [0.2, 0.25) is 0 Å². The van der Waals surface area contributed by atoms with Crippen LogP contribution in [-0.4, -0.2) is 71.4 Å². The molecule has 0 radical (unpaired) electrons. The van der Waals surface area contributed by atoms with Gasteiger partial charge in [0.1, 0.15) is 5.69 Å². The molecule has 1 aromatic heterocycles. The molecule has 0 aromatic carbocycles. The monoisotopic (exact) mass is 318 g/mol. The SMILES string of the molecule is CC(C)N1CC2CC1CN2C1CN(c2nc(C=O)ccc2F)C1. The second-order valence-electron chi connectivity index (χ2n) is 7.25. The molecule has 0 spiro atoms. The minimum atomic E-state index is -0.344. The van der Waals surface area contributed by atoms with Crippen molar-refractivity contribution in [3.05, 3.63) is 23.6 Å². The number of rotatable bonds is 4. The molecule has 1 aromatic rings. The number of pyridine rings is 1. The fraction of sp³-hybridized carbons (Fsp3) is 0.647. The van der Waals surface area contributed by atoms with Crippen LogP contribution in [0.3, 0.4) is 0 Å². The van der Waals surface area contributed by atoms with E-state index in [-0.39, 0.29) is 11.5 Å². The zero-order valence-corrected chi connectivity index (χ0v) is 13.7. The predicted octanol–water partition coefficient (Wildman–Crippen LogP) is 1.39. The van der Waals surface area contributed by atoms with E-state index < -0.39 is 0 Å². The molecule has 3 aliphatic heterocycles. The second kappa shape index (κ2) is 5.53. The maximum Gasteiger partial charge on any atom is 0.168 e. The lowest BCUT2D eigenvalue weighted by Gasteiger charge is -2.49. The molecule has 2 bridgehead atoms. The van der Waals surface area contributed by atoms with Gasteiger partial charge in [0.2, 0.25) is 0 Å². The average molecular weight is 318 g/mol. The molecule has 2 unspecified atom stereocenters. The van der Waals surface area contributed by atoms with Gasteiger partial charge in [-0.05, 0) is 32.4 Å². The van der Waals surface area contributed by atoms with E-state index in [9.17, 15) is 9.18 Å². The Bertz CT molecular complexity index is 617. The van der Waals surface area contributed by atoms with Crippen LogP contribution < -0.4 is 4.90 Å². The lowest BCUT2D eigenvalue weighted by Crippen LogP contribution is -2.64. The maximum absolute atomic E-state index is 13.9. The molecule has 4 heterocycles. The quantitative estimate of drug-likeness (QED) is 0.785. The number of aromatic nitrogens is 1. The first-order valence-electron chi connectivity index (χ1n) is 8.45. The Hall–Kier alpha value is -1.53. The van der Waals surface area contributed by atoms with Crippen molar-refractivity contribution in [3.8, 4) is 0 Å². The van der Waals surface area contributed by atoms with Gasteiger partial charge >= 0.3 is 0 Å². The van der Waals surface area contributed by atoms with Crippen molar-refractivity contribution in [1.82, 2.24) is 14.8 Å². The van der Waals surface area contributed by atoms with E-state index >= 15 is 0 Å². The Labute approximate surface area is 136 Å². The Morgan fingerprint density at radius 1 is 1.17 bits per heavy atom. The lowest BCUT2D eigenvalue weighted by atomic mass is 10.1. The van der Waals surface area contributed by atoms with Crippen molar-refractivity contribution in [3.63, 3.8) is 0 Å². The van der Waals surface area contributed by atoms with E-state index in [1.807, 2.05) is 4.90 Å². The van der Waals surface area contributed by atoms with E-state index in [4.69, 9.17) is 0 Å². The molecule has 0 aliphatic carbocycles. The summed E-state index contributed by atoms with van der Waals surface area (Å²) >= 11 is 0. The summed E-state index contributed by atoms with van der Waals surface area (Å²) in [5, 5.41) is 0. The molecular weight excluding hydrogens is 295 g/mol. The summed E-state index contributed by atoms with van der Waals surface area (Å²) in [6.07, 6.45) is 1.93. The molecule has 5 nitrogen and oxygen atoms in total. The van der Waals surface area contributed by atoms with Crippen LogP contribution in [0.4, 0.5) is 10.2 Å². The van der Waals surface area contributed by atoms with Crippen LogP contribution in [0.5, 0.6) is 0 Å². The average Bonchev–Trinajstić information content (AvgIpc) is 3.08. The van der Waals surface area contributed by atoms with Gasteiger partial charge in [-0.15, -0.1) is 0 Å². The van der Waals surface area contributed by atoms with Crippen molar-refractivity contribution < 1.29 is 9.18 Å². The van der Waals surface area contributed by atoms with Gasteiger partial charge < -0.3 is 4.90 Å². The molecule has 0 N–H and O–H groups in total. The Kier molecular flexibility index (Phi) is 3.61. The van der Waals surface area contributed by atoms with E-state index in [1.165, 1.54) is 18.6 Å². The van der Waals surface area contributed by atoms with Gasteiger partial charge in [-0.1, -0.05) is 0 Å². The van der Waals surface area contributed by atoms with Crippen molar-refractivity contribution in [2.24, 2.45) is 0 Å². The van der Waals surface area contributed by atoms with Gasteiger partial charge in [-0.2, -0.15) is 0 Å². The molecule has 124 valence electrons. The summed E-state index contributed by atoms with van der Waals surface area (Å²) < 4.78 is 13.9. The first-order valence-corrected chi connectivity index (χ1v) is 8.45. The summed E-state index contributed by atoms with van der Waals surface area (Å²) in [6.45, 7) is 8.43. The van der Waals surface area contributed by atoms with E-state index in [2.05, 4.69) is 28.6 Å². The van der Waals surface area contributed by atoms with Gasteiger partial charge in [-0.25, -0.2) is 9.37 Å². The summed E-state index contributed by atoms with van der Waals surface area (Å²) in [5.74, 6) is -0.0259.